The molecule has 2 rings (SSSR count). The van der Waals surface area contributed by atoms with Crippen molar-refractivity contribution in [3.63, 3.8) is 0 Å². The Hall–Kier alpha value is -2.02. The zero-order valence-corrected chi connectivity index (χ0v) is 11.2. The van der Waals surface area contributed by atoms with Crippen molar-refractivity contribution in [3.8, 4) is 16.9 Å². The summed E-state index contributed by atoms with van der Waals surface area (Å²) in [6.45, 7) is 8.19. The first-order valence-electron chi connectivity index (χ1n) is 6.03. The van der Waals surface area contributed by atoms with Crippen molar-refractivity contribution < 1.29 is 4.74 Å². The van der Waals surface area contributed by atoms with Gasteiger partial charge in [0.1, 0.15) is 5.75 Å². The van der Waals surface area contributed by atoms with Crippen LogP contribution in [0.4, 0.5) is 0 Å². The van der Waals surface area contributed by atoms with Gasteiger partial charge < -0.3 is 4.74 Å². The van der Waals surface area contributed by atoms with Gasteiger partial charge in [0.05, 0.1) is 7.11 Å². The Kier molecular flexibility index (Phi) is 3.52. The summed E-state index contributed by atoms with van der Waals surface area (Å²) >= 11 is 0. The molecule has 0 heterocycles. The number of hydrogen-bond donors (Lipinski definition) is 0. The zero-order chi connectivity index (χ0) is 13.1. The van der Waals surface area contributed by atoms with E-state index in [4.69, 9.17) is 4.74 Å². The average molecular weight is 238 g/mol. The fourth-order valence-electron chi connectivity index (χ4n) is 2.06. The lowest BCUT2D eigenvalue weighted by atomic mass is 9.94. The Morgan fingerprint density at radius 1 is 1.11 bits per heavy atom. The van der Waals surface area contributed by atoms with Crippen molar-refractivity contribution in [2.24, 2.45) is 0 Å². The number of aryl methyl sites for hydroxylation is 1. The van der Waals surface area contributed by atoms with Crippen LogP contribution in [0.25, 0.3) is 16.7 Å². The van der Waals surface area contributed by atoms with Crippen LogP contribution in [0.3, 0.4) is 0 Å². The van der Waals surface area contributed by atoms with Gasteiger partial charge >= 0.3 is 0 Å². The van der Waals surface area contributed by atoms with Gasteiger partial charge in [-0.1, -0.05) is 48.0 Å². The first-order valence-corrected chi connectivity index (χ1v) is 6.03. The summed E-state index contributed by atoms with van der Waals surface area (Å²) in [6.07, 6.45) is 0. The molecule has 0 spiro atoms. The number of allylic oxidation sites excluding steroid dienone is 1. The van der Waals surface area contributed by atoms with Crippen LogP contribution in [0.15, 0.2) is 49.0 Å². The summed E-state index contributed by atoms with van der Waals surface area (Å²) in [7, 11) is 1.69. The van der Waals surface area contributed by atoms with Crippen LogP contribution < -0.4 is 4.74 Å². The van der Waals surface area contributed by atoms with E-state index < -0.39 is 0 Å². The normalized spacial score (nSPS) is 10.2. The molecule has 0 radical (unpaired) electrons. The third-order valence-corrected chi connectivity index (χ3v) is 3.02. The molecule has 0 N–H and O–H groups in total. The molecule has 0 aromatic heterocycles. The van der Waals surface area contributed by atoms with Crippen LogP contribution >= 0.6 is 0 Å². The van der Waals surface area contributed by atoms with Gasteiger partial charge in [0.2, 0.25) is 0 Å². The largest absolute Gasteiger partial charge is 0.497 e. The van der Waals surface area contributed by atoms with Gasteiger partial charge in [0.15, 0.2) is 0 Å². The molecule has 0 fully saturated rings. The third-order valence-electron chi connectivity index (χ3n) is 3.02. The van der Waals surface area contributed by atoms with Gasteiger partial charge in [-0.2, -0.15) is 0 Å². The number of ether oxygens (including phenoxy) is 1. The Labute approximate surface area is 109 Å². The molecule has 2 aromatic carbocycles. The summed E-state index contributed by atoms with van der Waals surface area (Å²) in [6, 6.07) is 14.6. The minimum absolute atomic E-state index is 0.877. The van der Waals surface area contributed by atoms with Crippen molar-refractivity contribution in [1.82, 2.24) is 0 Å². The highest BCUT2D eigenvalue weighted by atomic mass is 16.5. The second-order valence-corrected chi connectivity index (χ2v) is 4.56. The van der Waals surface area contributed by atoms with Crippen molar-refractivity contribution in [2.45, 2.75) is 13.8 Å². The lowest BCUT2D eigenvalue weighted by Gasteiger charge is -2.12. The van der Waals surface area contributed by atoms with E-state index >= 15 is 0 Å². The number of benzene rings is 2. The molecule has 0 aliphatic carbocycles. The average Bonchev–Trinajstić information content (AvgIpc) is 2.38. The van der Waals surface area contributed by atoms with Crippen LogP contribution in [-0.2, 0) is 0 Å². The van der Waals surface area contributed by atoms with Gasteiger partial charge in [-0.3, -0.25) is 0 Å². The van der Waals surface area contributed by atoms with Gasteiger partial charge in [0.25, 0.3) is 0 Å². The molecule has 18 heavy (non-hydrogen) atoms. The summed E-state index contributed by atoms with van der Waals surface area (Å²) in [4.78, 5) is 0. The fraction of sp³-hybridized carbons (Fsp3) is 0.176. The Bertz CT molecular complexity index is 582. The first-order chi connectivity index (χ1) is 8.61. The SMILES string of the molecule is C=C(C)c1ccc(C)cc1-c1cccc(OC)c1. The molecule has 0 atom stereocenters. The molecule has 0 amide bonds. The van der Waals surface area contributed by atoms with E-state index in [1.807, 2.05) is 19.1 Å². The van der Waals surface area contributed by atoms with Crippen molar-refractivity contribution in [3.05, 3.63) is 60.2 Å². The Morgan fingerprint density at radius 2 is 1.89 bits per heavy atom. The molecule has 0 unspecified atom stereocenters. The molecular formula is C17H18O. The summed E-state index contributed by atoms with van der Waals surface area (Å²) in [5.74, 6) is 0.877. The molecule has 0 saturated carbocycles. The van der Waals surface area contributed by atoms with Crippen LogP contribution in [0.2, 0.25) is 0 Å². The van der Waals surface area contributed by atoms with Crippen LogP contribution in [0.5, 0.6) is 5.75 Å². The van der Waals surface area contributed by atoms with Crippen molar-refractivity contribution in [2.75, 3.05) is 7.11 Å². The maximum Gasteiger partial charge on any atom is 0.119 e. The third kappa shape index (κ3) is 2.45. The molecule has 0 aliphatic rings. The summed E-state index contributed by atoms with van der Waals surface area (Å²) in [5, 5.41) is 0. The maximum absolute atomic E-state index is 5.28. The van der Waals surface area contributed by atoms with Gasteiger partial charge in [-0.15, -0.1) is 0 Å². The lowest BCUT2D eigenvalue weighted by molar-refractivity contribution is 0.415. The summed E-state index contributed by atoms with van der Waals surface area (Å²) in [5.41, 5.74) is 5.89. The van der Waals surface area contributed by atoms with Gasteiger partial charge in [-0.05, 0) is 42.7 Å². The summed E-state index contributed by atoms with van der Waals surface area (Å²) < 4.78 is 5.28. The molecular weight excluding hydrogens is 220 g/mol. The highest BCUT2D eigenvalue weighted by Gasteiger charge is 2.07. The van der Waals surface area contributed by atoms with E-state index in [2.05, 4.69) is 43.8 Å². The minimum Gasteiger partial charge on any atom is -0.497 e. The molecule has 0 aliphatic heterocycles. The van der Waals surface area contributed by atoms with E-state index in [0.29, 0.717) is 0 Å². The van der Waals surface area contributed by atoms with E-state index in [-0.39, 0.29) is 0 Å². The van der Waals surface area contributed by atoms with E-state index in [0.717, 1.165) is 16.9 Å². The Balaban J connectivity index is 2.61. The zero-order valence-electron chi connectivity index (χ0n) is 11.2. The van der Waals surface area contributed by atoms with Gasteiger partial charge in [-0.25, -0.2) is 0 Å². The standard InChI is InChI=1S/C17H18O/c1-12(2)16-9-8-13(3)10-17(16)14-6-5-7-15(11-14)18-4/h5-11H,1H2,2-4H3. The highest BCUT2D eigenvalue weighted by molar-refractivity contribution is 5.80. The second-order valence-electron chi connectivity index (χ2n) is 4.56. The smallest absolute Gasteiger partial charge is 0.119 e. The fourth-order valence-corrected chi connectivity index (χ4v) is 2.06. The topological polar surface area (TPSA) is 9.23 Å². The highest BCUT2D eigenvalue weighted by Crippen LogP contribution is 2.31. The van der Waals surface area contributed by atoms with Crippen molar-refractivity contribution in [1.29, 1.82) is 0 Å². The predicted octanol–water partition coefficient (Wildman–Crippen LogP) is 4.70. The quantitative estimate of drug-likeness (QED) is 0.752. The monoisotopic (exact) mass is 238 g/mol. The first kappa shape index (κ1) is 12.4. The molecule has 0 bridgehead atoms. The molecule has 2 aromatic rings. The molecule has 1 heteroatoms. The lowest BCUT2D eigenvalue weighted by Crippen LogP contribution is -1.89. The Morgan fingerprint density at radius 3 is 2.56 bits per heavy atom. The van der Waals surface area contributed by atoms with Crippen LogP contribution in [0, 0.1) is 6.92 Å². The number of methoxy groups -OCH3 is 1. The van der Waals surface area contributed by atoms with Crippen molar-refractivity contribution >= 4 is 5.57 Å². The van der Waals surface area contributed by atoms with E-state index in [1.165, 1.54) is 16.7 Å². The van der Waals surface area contributed by atoms with E-state index in [9.17, 15) is 0 Å². The predicted molar refractivity (Wildman–Crippen MR) is 77.9 cm³/mol. The number of rotatable bonds is 3. The van der Waals surface area contributed by atoms with Gasteiger partial charge in [0, 0.05) is 0 Å². The second kappa shape index (κ2) is 5.09. The van der Waals surface area contributed by atoms with Crippen LogP contribution in [-0.4, -0.2) is 7.11 Å². The molecule has 92 valence electrons. The minimum atomic E-state index is 0.877. The molecule has 0 saturated heterocycles. The molecule has 1 nitrogen and oxygen atoms in total. The maximum atomic E-state index is 5.28. The number of hydrogen-bond acceptors (Lipinski definition) is 1. The van der Waals surface area contributed by atoms with E-state index in [1.54, 1.807) is 7.11 Å². The van der Waals surface area contributed by atoms with Crippen LogP contribution in [0.1, 0.15) is 18.1 Å².